The van der Waals surface area contributed by atoms with Crippen LogP contribution in [0.2, 0.25) is 0 Å². The molecule has 2 nitrogen and oxygen atoms in total. The summed E-state index contributed by atoms with van der Waals surface area (Å²) in [6.07, 6.45) is 0.178. The summed E-state index contributed by atoms with van der Waals surface area (Å²) in [7, 11) is 0. The van der Waals surface area contributed by atoms with Gasteiger partial charge in [0.25, 0.3) is 0 Å². The highest BCUT2D eigenvalue weighted by Gasteiger charge is 2.24. The molecular weight excluding hydrogens is 136 g/mol. The van der Waals surface area contributed by atoms with E-state index in [-0.39, 0.29) is 11.6 Å². The maximum absolute atomic E-state index is 6.04. The predicted molar refractivity (Wildman–Crippen MR) is 50.4 cm³/mol. The molecule has 0 heterocycles. The molecule has 1 atom stereocenters. The number of rotatable bonds is 3. The quantitative estimate of drug-likeness (QED) is 0.633. The molecule has 0 aromatic carbocycles. The number of nitrogens with zero attached hydrogens (tertiary/aromatic N) is 1. The van der Waals surface area contributed by atoms with Crippen molar-refractivity contribution in [3.05, 3.63) is 0 Å². The van der Waals surface area contributed by atoms with Crippen molar-refractivity contribution < 1.29 is 0 Å². The van der Waals surface area contributed by atoms with Crippen LogP contribution in [0.1, 0.15) is 34.6 Å². The average molecular weight is 158 g/mol. The number of hydrogen-bond donors (Lipinski definition) is 1. The lowest BCUT2D eigenvalue weighted by Gasteiger charge is -2.36. The van der Waals surface area contributed by atoms with Crippen LogP contribution in [0.15, 0.2) is 0 Å². The van der Waals surface area contributed by atoms with Crippen molar-refractivity contribution in [2.24, 2.45) is 11.1 Å². The highest BCUT2D eigenvalue weighted by atomic mass is 15.2. The normalized spacial score (nSPS) is 15.5. The third-order valence-electron chi connectivity index (χ3n) is 2.09. The molecule has 0 aromatic heterocycles. The second-order valence-electron chi connectivity index (χ2n) is 4.03. The van der Waals surface area contributed by atoms with E-state index < -0.39 is 0 Å². The van der Waals surface area contributed by atoms with Crippen LogP contribution < -0.4 is 5.73 Å². The zero-order chi connectivity index (χ0) is 9.07. The van der Waals surface area contributed by atoms with Crippen LogP contribution in [-0.4, -0.2) is 24.2 Å². The molecule has 0 aliphatic heterocycles. The molecule has 0 radical (unpaired) electrons. The summed E-state index contributed by atoms with van der Waals surface area (Å²) in [6, 6.07) is 0. The lowest BCUT2D eigenvalue weighted by atomic mass is 9.92. The van der Waals surface area contributed by atoms with Crippen LogP contribution in [0.25, 0.3) is 0 Å². The van der Waals surface area contributed by atoms with Crippen molar-refractivity contribution in [1.82, 2.24) is 4.90 Å². The highest BCUT2D eigenvalue weighted by Crippen LogP contribution is 2.19. The van der Waals surface area contributed by atoms with E-state index in [0.717, 1.165) is 13.1 Å². The van der Waals surface area contributed by atoms with Gasteiger partial charge in [-0.1, -0.05) is 34.6 Å². The van der Waals surface area contributed by atoms with Gasteiger partial charge >= 0.3 is 0 Å². The fraction of sp³-hybridized carbons (Fsp3) is 1.00. The monoisotopic (exact) mass is 158 g/mol. The van der Waals surface area contributed by atoms with Gasteiger partial charge in [-0.2, -0.15) is 0 Å². The second-order valence-corrected chi connectivity index (χ2v) is 4.03. The van der Waals surface area contributed by atoms with Crippen LogP contribution in [0.3, 0.4) is 0 Å². The third-order valence-corrected chi connectivity index (χ3v) is 2.09. The van der Waals surface area contributed by atoms with Crippen molar-refractivity contribution in [3.8, 4) is 0 Å². The van der Waals surface area contributed by atoms with Gasteiger partial charge in [0.05, 0.1) is 6.17 Å². The van der Waals surface area contributed by atoms with Gasteiger partial charge in [-0.15, -0.1) is 0 Å². The topological polar surface area (TPSA) is 29.3 Å². The Hall–Kier alpha value is -0.0800. The van der Waals surface area contributed by atoms with E-state index >= 15 is 0 Å². The second kappa shape index (κ2) is 4.07. The van der Waals surface area contributed by atoms with E-state index in [9.17, 15) is 0 Å². The summed E-state index contributed by atoms with van der Waals surface area (Å²) in [4.78, 5) is 2.28. The molecule has 0 bridgehead atoms. The first kappa shape index (κ1) is 10.9. The molecule has 0 aromatic rings. The molecular formula is C9H22N2. The molecule has 68 valence electrons. The Labute approximate surface area is 70.8 Å². The molecule has 0 saturated carbocycles. The Morgan fingerprint density at radius 2 is 1.55 bits per heavy atom. The standard InChI is InChI=1S/C9H22N2/c1-6-11(7-2)8(10)9(3,4)5/h8H,6-7,10H2,1-5H3. The molecule has 2 heteroatoms. The van der Waals surface area contributed by atoms with Gasteiger partial charge in [-0.25, -0.2) is 0 Å². The fourth-order valence-electron chi connectivity index (χ4n) is 1.16. The molecule has 0 spiro atoms. The van der Waals surface area contributed by atoms with Crippen LogP contribution in [0, 0.1) is 5.41 Å². The van der Waals surface area contributed by atoms with Gasteiger partial charge in [-0.3, -0.25) is 4.90 Å². The lowest BCUT2D eigenvalue weighted by molar-refractivity contribution is 0.115. The molecule has 0 saturated heterocycles. The molecule has 2 N–H and O–H groups in total. The summed E-state index contributed by atoms with van der Waals surface area (Å²) in [5.41, 5.74) is 6.23. The summed E-state index contributed by atoms with van der Waals surface area (Å²) in [6.45, 7) is 12.9. The van der Waals surface area contributed by atoms with Crippen LogP contribution in [0.5, 0.6) is 0 Å². The van der Waals surface area contributed by atoms with Gasteiger partial charge in [0.2, 0.25) is 0 Å². The van der Waals surface area contributed by atoms with Gasteiger partial charge in [-0.05, 0) is 18.5 Å². The maximum atomic E-state index is 6.04. The minimum absolute atomic E-state index is 0.178. The minimum Gasteiger partial charge on any atom is -0.315 e. The molecule has 11 heavy (non-hydrogen) atoms. The summed E-state index contributed by atoms with van der Waals surface area (Å²) >= 11 is 0. The Morgan fingerprint density at radius 1 is 1.18 bits per heavy atom. The van der Waals surface area contributed by atoms with E-state index in [2.05, 4.69) is 39.5 Å². The number of nitrogens with two attached hydrogens (primary N) is 1. The van der Waals surface area contributed by atoms with Gasteiger partial charge in [0.15, 0.2) is 0 Å². The van der Waals surface area contributed by atoms with E-state index in [1.54, 1.807) is 0 Å². The first-order valence-electron chi connectivity index (χ1n) is 4.43. The first-order valence-corrected chi connectivity index (χ1v) is 4.43. The highest BCUT2D eigenvalue weighted by molar-refractivity contribution is 4.76. The van der Waals surface area contributed by atoms with Gasteiger partial charge in [0, 0.05) is 0 Å². The predicted octanol–water partition coefficient (Wildman–Crippen LogP) is 1.66. The van der Waals surface area contributed by atoms with Crippen LogP contribution >= 0.6 is 0 Å². The van der Waals surface area contributed by atoms with Gasteiger partial charge in [0.1, 0.15) is 0 Å². The fourth-order valence-corrected chi connectivity index (χ4v) is 1.16. The Kier molecular flexibility index (Phi) is 4.04. The average Bonchev–Trinajstić information content (AvgIpc) is 1.88. The smallest absolute Gasteiger partial charge is 0.0621 e. The zero-order valence-corrected chi connectivity index (χ0v) is 8.52. The third kappa shape index (κ3) is 3.21. The van der Waals surface area contributed by atoms with Crippen molar-refractivity contribution in [2.45, 2.75) is 40.8 Å². The molecule has 1 unspecified atom stereocenters. The van der Waals surface area contributed by atoms with Crippen molar-refractivity contribution >= 4 is 0 Å². The molecule has 0 aliphatic rings. The Balaban J connectivity index is 4.09. The SMILES string of the molecule is CCN(CC)C(N)C(C)(C)C. The first-order chi connectivity index (χ1) is 4.93. The molecule has 0 amide bonds. The van der Waals surface area contributed by atoms with E-state index in [1.807, 2.05) is 0 Å². The van der Waals surface area contributed by atoms with Crippen molar-refractivity contribution in [3.63, 3.8) is 0 Å². The van der Waals surface area contributed by atoms with Gasteiger partial charge < -0.3 is 5.73 Å². The van der Waals surface area contributed by atoms with Crippen molar-refractivity contribution in [1.29, 1.82) is 0 Å². The minimum atomic E-state index is 0.178. The molecule has 0 fully saturated rings. The van der Waals surface area contributed by atoms with Crippen molar-refractivity contribution in [2.75, 3.05) is 13.1 Å². The Bertz CT molecular complexity index is 101. The van der Waals surface area contributed by atoms with E-state index in [1.165, 1.54) is 0 Å². The molecule has 0 aliphatic carbocycles. The van der Waals surface area contributed by atoms with Crippen LogP contribution in [0.4, 0.5) is 0 Å². The number of hydrogen-bond acceptors (Lipinski definition) is 2. The van der Waals surface area contributed by atoms with E-state index in [4.69, 9.17) is 5.73 Å². The summed E-state index contributed by atoms with van der Waals surface area (Å²) in [5, 5.41) is 0. The van der Waals surface area contributed by atoms with E-state index in [0.29, 0.717) is 0 Å². The lowest BCUT2D eigenvalue weighted by Crippen LogP contribution is -2.50. The maximum Gasteiger partial charge on any atom is 0.0621 e. The Morgan fingerprint density at radius 3 is 1.64 bits per heavy atom. The van der Waals surface area contributed by atoms with Crippen LogP contribution in [-0.2, 0) is 0 Å². The summed E-state index contributed by atoms with van der Waals surface area (Å²) in [5.74, 6) is 0. The molecule has 0 rings (SSSR count). The largest absolute Gasteiger partial charge is 0.315 e. The zero-order valence-electron chi connectivity index (χ0n) is 8.52. The summed E-state index contributed by atoms with van der Waals surface area (Å²) < 4.78 is 0.